The second-order valence-electron chi connectivity index (χ2n) is 6.76. The van der Waals surface area contributed by atoms with Gasteiger partial charge in [0.2, 0.25) is 5.13 Å². The van der Waals surface area contributed by atoms with Crippen LogP contribution in [-0.4, -0.2) is 20.6 Å². The molecule has 29 heavy (non-hydrogen) atoms. The first-order valence-electron chi connectivity index (χ1n) is 9.00. The highest BCUT2D eigenvalue weighted by Crippen LogP contribution is 2.32. The van der Waals surface area contributed by atoms with Crippen LogP contribution in [0, 0.1) is 27.7 Å². The van der Waals surface area contributed by atoms with Crippen LogP contribution >= 0.6 is 34.7 Å². The average Bonchev–Trinajstić information content (AvgIpc) is 3.26. The number of aromatic nitrogens is 2. The number of nitrogens with zero attached hydrogens (tertiary/aromatic N) is 3. The number of amidine groups is 1. The van der Waals surface area contributed by atoms with Gasteiger partial charge in [0.15, 0.2) is 5.17 Å². The molecule has 1 fully saturated rings. The Hall–Kier alpha value is -2.35. The molecule has 0 radical (unpaired) electrons. The van der Waals surface area contributed by atoms with Crippen molar-refractivity contribution in [1.29, 1.82) is 0 Å². The molecule has 1 amide bonds. The van der Waals surface area contributed by atoms with Crippen LogP contribution in [0.2, 0.25) is 5.02 Å². The summed E-state index contributed by atoms with van der Waals surface area (Å²) in [5.41, 5.74) is 5.14. The maximum atomic E-state index is 12.4. The second kappa shape index (κ2) is 7.82. The molecular weight excluding hydrogens is 424 g/mol. The molecule has 0 aliphatic carbocycles. The number of rotatable bonds is 3. The van der Waals surface area contributed by atoms with Crippen molar-refractivity contribution in [3.8, 4) is 5.69 Å². The van der Waals surface area contributed by atoms with Gasteiger partial charge in [-0.15, -0.1) is 0 Å². The molecule has 0 bridgehead atoms. The van der Waals surface area contributed by atoms with Crippen molar-refractivity contribution in [3.05, 3.63) is 67.8 Å². The molecule has 3 heterocycles. The minimum atomic E-state index is -0.143. The summed E-state index contributed by atoms with van der Waals surface area (Å²) in [7, 11) is 0. The van der Waals surface area contributed by atoms with Gasteiger partial charge in [-0.25, -0.2) is 4.98 Å². The number of aryl methyl sites for hydroxylation is 3. The predicted molar refractivity (Wildman–Crippen MR) is 123 cm³/mol. The van der Waals surface area contributed by atoms with Gasteiger partial charge in [0, 0.05) is 27.0 Å². The molecule has 0 spiro atoms. The van der Waals surface area contributed by atoms with Crippen molar-refractivity contribution in [3.63, 3.8) is 0 Å². The number of thioether (sulfide) groups is 1. The highest BCUT2D eigenvalue weighted by molar-refractivity contribution is 8.18. The average molecular weight is 443 g/mol. The van der Waals surface area contributed by atoms with E-state index in [9.17, 15) is 4.79 Å². The number of benzene rings is 1. The summed E-state index contributed by atoms with van der Waals surface area (Å²) in [5, 5.41) is 4.75. The molecule has 1 aliphatic heterocycles. The van der Waals surface area contributed by atoms with Crippen LogP contribution in [-0.2, 0) is 4.79 Å². The van der Waals surface area contributed by atoms with Crippen molar-refractivity contribution >= 4 is 57.0 Å². The maximum Gasteiger partial charge on any atom is 0.264 e. The fraction of sp³-hybridized carbons (Fsp3) is 0.190. The van der Waals surface area contributed by atoms with Crippen molar-refractivity contribution in [2.45, 2.75) is 27.7 Å². The highest BCUT2D eigenvalue weighted by Gasteiger charge is 2.25. The Morgan fingerprint density at radius 3 is 2.55 bits per heavy atom. The van der Waals surface area contributed by atoms with Crippen LogP contribution < -0.4 is 5.32 Å². The molecule has 1 aliphatic rings. The molecule has 0 saturated carbocycles. The van der Waals surface area contributed by atoms with Gasteiger partial charge in [0.25, 0.3) is 5.91 Å². The van der Waals surface area contributed by atoms with Crippen LogP contribution in [0.15, 0.2) is 40.2 Å². The van der Waals surface area contributed by atoms with Gasteiger partial charge >= 0.3 is 0 Å². The molecule has 1 N–H and O–H groups in total. The molecule has 5 nitrogen and oxygen atoms in total. The zero-order chi connectivity index (χ0) is 20.7. The summed E-state index contributed by atoms with van der Waals surface area (Å²) in [6, 6.07) is 9.80. The Morgan fingerprint density at radius 2 is 1.90 bits per heavy atom. The summed E-state index contributed by atoms with van der Waals surface area (Å²) < 4.78 is 2.15. The number of carbonyl (C=O) groups excluding carboxylic acids is 1. The molecule has 3 aromatic rings. The molecular formula is C21H19ClN4OS2. The molecule has 148 valence electrons. The summed E-state index contributed by atoms with van der Waals surface area (Å²) >= 11 is 8.87. The number of hydrogen-bond acceptors (Lipinski definition) is 5. The number of aliphatic imine (C=N–C) groups is 1. The summed E-state index contributed by atoms with van der Waals surface area (Å²) in [4.78, 5) is 23.1. The molecule has 1 aromatic carbocycles. The Labute approximate surface area is 182 Å². The zero-order valence-corrected chi connectivity index (χ0v) is 18.8. The van der Waals surface area contributed by atoms with E-state index in [4.69, 9.17) is 11.6 Å². The molecule has 1 saturated heterocycles. The van der Waals surface area contributed by atoms with Gasteiger partial charge in [-0.1, -0.05) is 22.9 Å². The molecule has 8 heteroatoms. The van der Waals surface area contributed by atoms with Crippen molar-refractivity contribution in [2.24, 2.45) is 4.99 Å². The van der Waals surface area contributed by atoms with E-state index < -0.39 is 0 Å². The van der Waals surface area contributed by atoms with Crippen LogP contribution in [0.3, 0.4) is 0 Å². The summed E-state index contributed by atoms with van der Waals surface area (Å²) in [6.07, 6.45) is 1.91. The zero-order valence-electron chi connectivity index (χ0n) is 16.4. The third-order valence-corrected chi connectivity index (χ3v) is 6.84. The molecule has 0 atom stereocenters. The lowest BCUT2D eigenvalue weighted by molar-refractivity contribution is -0.115. The monoisotopic (exact) mass is 442 g/mol. The van der Waals surface area contributed by atoms with E-state index in [1.807, 2.05) is 58.0 Å². The standard InChI is InChI=1S/C21H19ClN4OS2/c1-11-9-15(13(3)26(11)17-7-5-16(22)6-8-17)10-18-19(27)24-21(29-18)25-20-23-12(2)14(4)28-20/h5-10H,1-4H3,(H,23,24,25,27)/b18-10-. The topological polar surface area (TPSA) is 59.3 Å². The lowest BCUT2D eigenvalue weighted by atomic mass is 10.2. The van der Waals surface area contributed by atoms with Gasteiger partial charge in [-0.3, -0.25) is 4.79 Å². The minimum Gasteiger partial charge on any atom is -0.318 e. The van der Waals surface area contributed by atoms with E-state index in [0.29, 0.717) is 20.2 Å². The number of amides is 1. The van der Waals surface area contributed by atoms with Gasteiger partial charge in [-0.2, -0.15) is 4.99 Å². The van der Waals surface area contributed by atoms with E-state index in [2.05, 4.69) is 25.9 Å². The van der Waals surface area contributed by atoms with Crippen molar-refractivity contribution in [2.75, 3.05) is 0 Å². The van der Waals surface area contributed by atoms with E-state index in [-0.39, 0.29) is 5.91 Å². The largest absolute Gasteiger partial charge is 0.318 e. The van der Waals surface area contributed by atoms with Gasteiger partial charge in [0.1, 0.15) is 0 Å². The lowest BCUT2D eigenvalue weighted by Crippen LogP contribution is -2.19. The fourth-order valence-corrected chi connectivity index (χ4v) is 4.92. The Bertz CT molecular complexity index is 1150. The first kappa shape index (κ1) is 19.9. The van der Waals surface area contributed by atoms with E-state index in [0.717, 1.165) is 33.2 Å². The van der Waals surface area contributed by atoms with Gasteiger partial charge in [-0.05, 0) is 81.4 Å². The van der Waals surface area contributed by atoms with Crippen molar-refractivity contribution in [1.82, 2.24) is 14.9 Å². The quantitative estimate of drug-likeness (QED) is 0.528. The van der Waals surface area contributed by atoms with E-state index >= 15 is 0 Å². The number of halogens is 1. The number of carbonyl (C=O) groups is 1. The summed E-state index contributed by atoms with van der Waals surface area (Å²) in [6.45, 7) is 8.06. The second-order valence-corrected chi connectivity index (χ2v) is 9.41. The maximum absolute atomic E-state index is 12.4. The van der Waals surface area contributed by atoms with Crippen LogP contribution in [0.4, 0.5) is 5.13 Å². The normalized spacial score (nSPS) is 16.8. The number of nitrogens with one attached hydrogen (secondary N) is 1. The third-order valence-electron chi connectivity index (χ3n) is 4.71. The van der Waals surface area contributed by atoms with E-state index in [1.165, 1.54) is 23.1 Å². The van der Waals surface area contributed by atoms with Crippen molar-refractivity contribution < 1.29 is 4.79 Å². The number of hydrogen-bond donors (Lipinski definition) is 1. The van der Waals surface area contributed by atoms with Gasteiger partial charge < -0.3 is 9.88 Å². The smallest absolute Gasteiger partial charge is 0.264 e. The van der Waals surface area contributed by atoms with Gasteiger partial charge in [0.05, 0.1) is 10.6 Å². The molecule has 2 aromatic heterocycles. The Morgan fingerprint density at radius 1 is 1.17 bits per heavy atom. The molecule has 4 rings (SSSR count). The van der Waals surface area contributed by atoms with Crippen LogP contribution in [0.1, 0.15) is 27.5 Å². The lowest BCUT2D eigenvalue weighted by Gasteiger charge is -2.09. The van der Waals surface area contributed by atoms with Crippen LogP contribution in [0.5, 0.6) is 0 Å². The number of thiazole rings is 1. The van der Waals surface area contributed by atoms with Crippen LogP contribution in [0.25, 0.3) is 11.8 Å². The third kappa shape index (κ3) is 4.03. The summed E-state index contributed by atoms with van der Waals surface area (Å²) in [5.74, 6) is -0.143. The minimum absolute atomic E-state index is 0.143. The molecule has 0 unspecified atom stereocenters. The first-order chi connectivity index (χ1) is 13.8. The van der Waals surface area contributed by atoms with E-state index in [1.54, 1.807) is 0 Å². The Kier molecular flexibility index (Phi) is 5.38. The first-order valence-corrected chi connectivity index (χ1v) is 11.0. The predicted octanol–water partition coefficient (Wildman–Crippen LogP) is 5.71. The Balaban J connectivity index is 1.64. The highest BCUT2D eigenvalue weighted by atomic mass is 35.5. The SMILES string of the molecule is Cc1nc(/N=C2\NC(=O)/C(=C/c3cc(C)n(-c4ccc(Cl)cc4)c3C)S2)sc1C. The fourth-order valence-electron chi connectivity index (χ4n) is 3.13.